The highest BCUT2D eigenvalue weighted by molar-refractivity contribution is 5.81. The Bertz CT molecular complexity index is 735. The van der Waals surface area contributed by atoms with E-state index in [-0.39, 0.29) is 11.0 Å². The number of aliphatic imine (C=N–C) groups is 1. The minimum atomic E-state index is -0.196. The molecule has 5 aliphatic rings. The van der Waals surface area contributed by atoms with Crippen molar-refractivity contribution in [1.29, 1.82) is 0 Å². The number of nitrogens with zero attached hydrogens (tertiary/aromatic N) is 2. The number of nitrogens with two attached hydrogens (primary N) is 1. The molecule has 1 aromatic rings. The number of rotatable bonds is 3. The first-order valence-corrected chi connectivity index (χ1v) is 10.2. The van der Waals surface area contributed by atoms with Crippen LogP contribution in [-0.2, 0) is 5.54 Å². The van der Waals surface area contributed by atoms with Crippen LogP contribution in [0.1, 0.15) is 49.7 Å². The molecule has 4 saturated carbocycles. The molecule has 4 fully saturated rings. The molecule has 0 saturated heterocycles. The molecule has 4 aliphatic carbocycles. The zero-order valence-electron chi connectivity index (χ0n) is 16.3. The number of likely N-dealkylation sites (N-methyl/N-ethyl adjacent to an activating group) is 1. The van der Waals surface area contributed by atoms with E-state index in [1.165, 1.54) is 49.7 Å². The van der Waals surface area contributed by atoms with Gasteiger partial charge in [0.05, 0.1) is 13.7 Å². The predicted molar refractivity (Wildman–Crippen MR) is 104 cm³/mol. The highest BCUT2D eigenvalue weighted by Crippen LogP contribution is 2.67. The van der Waals surface area contributed by atoms with Crippen molar-refractivity contribution in [3.05, 3.63) is 29.3 Å². The van der Waals surface area contributed by atoms with E-state index in [9.17, 15) is 0 Å². The van der Waals surface area contributed by atoms with Gasteiger partial charge >= 0.3 is 0 Å². The minimum Gasteiger partial charge on any atom is -0.496 e. The molecule has 1 unspecified atom stereocenters. The Hall–Kier alpha value is -1.71. The second-order valence-corrected chi connectivity index (χ2v) is 9.57. The molecule has 0 radical (unpaired) electrons. The Morgan fingerprint density at radius 1 is 1.12 bits per heavy atom. The predicted octanol–water partition coefficient (Wildman–Crippen LogP) is 3.68. The van der Waals surface area contributed by atoms with Crippen molar-refractivity contribution in [1.82, 2.24) is 4.90 Å². The molecule has 0 amide bonds. The molecule has 4 bridgehead atoms. The maximum atomic E-state index is 6.36. The molecule has 1 aromatic carbocycles. The standard InChI is InChI=1S/C22H31N3O/c1-14-6-18(4-5-19(14)26-3)22(13-25(2)20(23)24-22)21-10-15-7-16(11-21)9-17(8-15)12-21/h4-6,15-17H,7-13H2,1-3H3,(H2,23,24). The summed E-state index contributed by atoms with van der Waals surface area (Å²) in [5, 5.41) is 0. The van der Waals surface area contributed by atoms with Crippen molar-refractivity contribution < 1.29 is 4.74 Å². The van der Waals surface area contributed by atoms with Crippen molar-refractivity contribution in [2.45, 2.75) is 51.0 Å². The van der Waals surface area contributed by atoms with Crippen LogP contribution in [0.25, 0.3) is 0 Å². The molecule has 1 atom stereocenters. The molecular formula is C22H31N3O. The van der Waals surface area contributed by atoms with Gasteiger partial charge < -0.3 is 15.4 Å². The SMILES string of the molecule is COc1ccc(C2(C34CC5CC(CC(C5)C3)C4)CN(C)C(N)=N2)cc1C. The average Bonchev–Trinajstić information content (AvgIpc) is 2.90. The van der Waals surface area contributed by atoms with E-state index in [0.29, 0.717) is 5.96 Å². The molecule has 6 rings (SSSR count). The molecule has 1 aliphatic heterocycles. The van der Waals surface area contributed by atoms with E-state index in [1.807, 2.05) is 0 Å². The third kappa shape index (κ3) is 2.10. The summed E-state index contributed by atoms with van der Waals surface area (Å²) in [7, 11) is 3.84. The molecule has 26 heavy (non-hydrogen) atoms. The van der Waals surface area contributed by atoms with Gasteiger partial charge in [-0.05, 0) is 86.5 Å². The van der Waals surface area contributed by atoms with Gasteiger partial charge in [-0.25, -0.2) is 4.99 Å². The summed E-state index contributed by atoms with van der Waals surface area (Å²) in [6.07, 6.45) is 8.34. The fourth-order valence-electron chi connectivity index (χ4n) is 7.24. The maximum absolute atomic E-state index is 6.36. The lowest BCUT2D eigenvalue weighted by Crippen LogP contribution is -2.57. The number of hydrogen-bond donors (Lipinski definition) is 1. The Morgan fingerprint density at radius 2 is 1.73 bits per heavy atom. The van der Waals surface area contributed by atoms with E-state index in [2.05, 4.69) is 37.1 Å². The number of benzene rings is 1. The molecule has 1 heterocycles. The molecule has 4 nitrogen and oxygen atoms in total. The van der Waals surface area contributed by atoms with Crippen molar-refractivity contribution in [3.8, 4) is 5.75 Å². The van der Waals surface area contributed by atoms with E-state index in [0.717, 1.165) is 30.0 Å². The van der Waals surface area contributed by atoms with Crippen LogP contribution in [0.5, 0.6) is 5.75 Å². The summed E-state index contributed by atoms with van der Waals surface area (Å²) >= 11 is 0. The fourth-order valence-corrected chi connectivity index (χ4v) is 7.24. The summed E-state index contributed by atoms with van der Waals surface area (Å²) in [6.45, 7) is 3.05. The summed E-state index contributed by atoms with van der Waals surface area (Å²) < 4.78 is 5.52. The number of ether oxygens (including phenoxy) is 1. The van der Waals surface area contributed by atoms with Gasteiger partial charge in [0.2, 0.25) is 0 Å². The van der Waals surface area contributed by atoms with Crippen LogP contribution in [-0.4, -0.2) is 31.6 Å². The fraction of sp³-hybridized carbons (Fsp3) is 0.682. The van der Waals surface area contributed by atoms with Crippen LogP contribution in [0.2, 0.25) is 0 Å². The van der Waals surface area contributed by atoms with Gasteiger partial charge in [-0.2, -0.15) is 0 Å². The van der Waals surface area contributed by atoms with Crippen molar-refractivity contribution in [2.75, 3.05) is 20.7 Å². The Balaban J connectivity index is 1.66. The number of aryl methyl sites for hydroxylation is 1. The van der Waals surface area contributed by atoms with E-state index in [1.54, 1.807) is 7.11 Å². The van der Waals surface area contributed by atoms with Gasteiger partial charge in [0.15, 0.2) is 5.96 Å². The first kappa shape index (κ1) is 16.5. The van der Waals surface area contributed by atoms with Crippen LogP contribution < -0.4 is 10.5 Å². The summed E-state index contributed by atoms with van der Waals surface area (Å²) in [5.41, 5.74) is 8.97. The van der Waals surface area contributed by atoms with Gasteiger partial charge in [-0.3, -0.25) is 0 Å². The number of methoxy groups -OCH3 is 1. The van der Waals surface area contributed by atoms with E-state index >= 15 is 0 Å². The third-order valence-corrected chi connectivity index (χ3v) is 7.95. The monoisotopic (exact) mass is 353 g/mol. The number of hydrogen-bond acceptors (Lipinski definition) is 4. The molecule has 2 N–H and O–H groups in total. The lowest BCUT2D eigenvalue weighted by atomic mass is 9.44. The van der Waals surface area contributed by atoms with Gasteiger partial charge in [0.25, 0.3) is 0 Å². The largest absolute Gasteiger partial charge is 0.496 e. The van der Waals surface area contributed by atoms with Crippen LogP contribution in [0.3, 0.4) is 0 Å². The highest BCUT2D eigenvalue weighted by Gasteiger charge is 2.63. The first-order valence-electron chi connectivity index (χ1n) is 10.2. The summed E-state index contributed by atoms with van der Waals surface area (Å²) in [6, 6.07) is 6.69. The van der Waals surface area contributed by atoms with Gasteiger partial charge in [-0.1, -0.05) is 6.07 Å². The second kappa shape index (κ2) is 5.40. The Labute approximate surface area is 156 Å². The van der Waals surface area contributed by atoms with Crippen LogP contribution in [0, 0.1) is 30.1 Å². The van der Waals surface area contributed by atoms with Crippen LogP contribution in [0.15, 0.2) is 23.2 Å². The second-order valence-electron chi connectivity index (χ2n) is 9.57. The zero-order valence-corrected chi connectivity index (χ0v) is 16.3. The van der Waals surface area contributed by atoms with Crippen LogP contribution in [0.4, 0.5) is 0 Å². The molecule has 0 spiro atoms. The highest BCUT2D eigenvalue weighted by atomic mass is 16.5. The molecule has 140 valence electrons. The molecule has 4 heteroatoms. The quantitative estimate of drug-likeness (QED) is 0.902. The summed E-state index contributed by atoms with van der Waals surface area (Å²) in [4.78, 5) is 7.40. The third-order valence-electron chi connectivity index (χ3n) is 7.95. The lowest BCUT2D eigenvalue weighted by Gasteiger charge is -2.62. The normalized spacial score (nSPS) is 40.8. The number of guanidine groups is 1. The van der Waals surface area contributed by atoms with E-state index < -0.39 is 0 Å². The lowest BCUT2D eigenvalue weighted by molar-refractivity contribution is -0.0987. The zero-order chi connectivity index (χ0) is 18.1. The Kier molecular flexibility index (Phi) is 3.42. The van der Waals surface area contributed by atoms with Crippen molar-refractivity contribution in [2.24, 2.45) is 33.9 Å². The van der Waals surface area contributed by atoms with Crippen LogP contribution >= 0.6 is 0 Å². The van der Waals surface area contributed by atoms with Crippen molar-refractivity contribution in [3.63, 3.8) is 0 Å². The van der Waals surface area contributed by atoms with Gasteiger partial charge in [-0.15, -0.1) is 0 Å². The summed E-state index contributed by atoms with van der Waals surface area (Å²) in [5.74, 6) is 4.37. The average molecular weight is 354 g/mol. The molecular weight excluding hydrogens is 322 g/mol. The maximum Gasteiger partial charge on any atom is 0.192 e. The molecule has 0 aromatic heterocycles. The topological polar surface area (TPSA) is 50.9 Å². The van der Waals surface area contributed by atoms with Gasteiger partial charge in [0, 0.05) is 12.5 Å². The smallest absolute Gasteiger partial charge is 0.192 e. The minimum absolute atomic E-state index is 0.196. The first-order chi connectivity index (χ1) is 12.4. The Morgan fingerprint density at radius 3 is 2.19 bits per heavy atom. The van der Waals surface area contributed by atoms with E-state index in [4.69, 9.17) is 15.5 Å². The van der Waals surface area contributed by atoms with Gasteiger partial charge in [0.1, 0.15) is 11.3 Å². The van der Waals surface area contributed by atoms with Crippen molar-refractivity contribution >= 4 is 5.96 Å².